The quantitative estimate of drug-likeness (QED) is 0.451. The van der Waals surface area contributed by atoms with Crippen LogP contribution in [-0.4, -0.2) is 27.5 Å². The third kappa shape index (κ3) is 3.88. The fourth-order valence-corrected chi connectivity index (χ4v) is 4.05. The van der Waals surface area contributed by atoms with E-state index in [1.54, 1.807) is 23.1 Å². The lowest BCUT2D eigenvalue weighted by Gasteiger charge is -2.17. The van der Waals surface area contributed by atoms with Gasteiger partial charge in [0, 0.05) is 11.8 Å². The molecule has 3 aromatic carbocycles. The van der Waals surface area contributed by atoms with Crippen molar-refractivity contribution in [2.75, 3.05) is 10.2 Å². The second-order valence-electron chi connectivity index (χ2n) is 8.36. The van der Waals surface area contributed by atoms with Crippen molar-refractivity contribution in [3.05, 3.63) is 113 Å². The molecular formula is C27H22N4O3. The van der Waals surface area contributed by atoms with Gasteiger partial charge in [-0.1, -0.05) is 42.5 Å². The van der Waals surface area contributed by atoms with Crippen LogP contribution in [0.1, 0.15) is 47.8 Å². The van der Waals surface area contributed by atoms with Gasteiger partial charge < -0.3 is 5.32 Å². The molecule has 1 N–H and O–H groups in total. The number of anilines is 2. The maximum Gasteiger partial charge on any atom is 0.266 e. The summed E-state index contributed by atoms with van der Waals surface area (Å²) in [5.74, 6) is -1.20. The van der Waals surface area contributed by atoms with Gasteiger partial charge in [-0.2, -0.15) is 5.10 Å². The number of nitrogens with zero attached hydrogens (tertiary/aromatic N) is 3. The van der Waals surface area contributed by atoms with Gasteiger partial charge in [-0.25, -0.2) is 4.90 Å². The second-order valence-corrected chi connectivity index (χ2v) is 8.36. The van der Waals surface area contributed by atoms with Gasteiger partial charge in [0.2, 0.25) is 0 Å². The van der Waals surface area contributed by atoms with E-state index in [-0.39, 0.29) is 22.9 Å². The highest BCUT2D eigenvalue weighted by atomic mass is 16.2. The number of nitrogens with one attached hydrogen (secondary N) is 1. The standard InChI is InChI=1S/C27H22N4O3/c1-17-8-9-18(2)24(12-17)31-26(33)22-11-10-20(13-23(22)27(31)34)25(32)29-21-14-28-30(16-21)15-19-6-4-3-5-7-19/h3-14,16H,15H2,1-2H3,(H,29,32). The maximum absolute atomic E-state index is 13.1. The molecule has 0 bridgehead atoms. The van der Waals surface area contributed by atoms with Gasteiger partial charge in [0.1, 0.15) is 0 Å². The Bertz CT molecular complexity index is 1440. The van der Waals surface area contributed by atoms with Gasteiger partial charge in [-0.3, -0.25) is 19.1 Å². The summed E-state index contributed by atoms with van der Waals surface area (Å²) in [6.07, 6.45) is 3.32. The van der Waals surface area contributed by atoms with Crippen molar-refractivity contribution >= 4 is 29.1 Å². The molecule has 0 fully saturated rings. The van der Waals surface area contributed by atoms with E-state index in [9.17, 15) is 14.4 Å². The van der Waals surface area contributed by atoms with Crippen molar-refractivity contribution in [3.8, 4) is 0 Å². The number of benzene rings is 3. The van der Waals surface area contributed by atoms with E-state index in [1.165, 1.54) is 17.0 Å². The summed E-state index contributed by atoms with van der Waals surface area (Å²) < 4.78 is 1.73. The van der Waals surface area contributed by atoms with E-state index >= 15 is 0 Å². The molecule has 0 saturated carbocycles. The number of imide groups is 1. The molecule has 0 spiro atoms. The number of carbonyl (C=O) groups excluding carboxylic acids is 3. The van der Waals surface area contributed by atoms with Crippen molar-refractivity contribution < 1.29 is 14.4 Å². The average molecular weight is 450 g/mol. The molecule has 1 aromatic heterocycles. The Kier molecular flexibility index (Phi) is 5.30. The molecule has 0 unspecified atom stereocenters. The van der Waals surface area contributed by atoms with Crippen molar-refractivity contribution in [2.24, 2.45) is 0 Å². The predicted octanol–water partition coefficient (Wildman–Crippen LogP) is 4.60. The fourth-order valence-electron chi connectivity index (χ4n) is 4.05. The molecule has 168 valence electrons. The van der Waals surface area contributed by atoms with Crippen LogP contribution in [0.4, 0.5) is 11.4 Å². The molecule has 3 amide bonds. The molecule has 1 aliphatic rings. The number of rotatable bonds is 5. The molecule has 1 aliphatic heterocycles. The molecule has 7 heteroatoms. The number of aromatic nitrogens is 2. The van der Waals surface area contributed by atoms with Crippen molar-refractivity contribution in [1.82, 2.24) is 9.78 Å². The molecule has 0 saturated heterocycles. The Hall–Kier alpha value is -4.52. The molecule has 0 atom stereocenters. The van der Waals surface area contributed by atoms with Crippen molar-refractivity contribution in [3.63, 3.8) is 0 Å². The van der Waals surface area contributed by atoms with Gasteiger partial charge in [-0.05, 0) is 54.8 Å². The average Bonchev–Trinajstić information content (AvgIpc) is 3.37. The Labute approximate surface area is 196 Å². The molecule has 5 rings (SSSR count). The number of carbonyl (C=O) groups is 3. The molecule has 7 nitrogen and oxygen atoms in total. The zero-order chi connectivity index (χ0) is 23.8. The molecule has 34 heavy (non-hydrogen) atoms. The lowest BCUT2D eigenvalue weighted by Crippen LogP contribution is -2.30. The van der Waals surface area contributed by atoms with Gasteiger partial charge in [0.05, 0.1) is 35.2 Å². The van der Waals surface area contributed by atoms with Crippen LogP contribution in [0.15, 0.2) is 79.1 Å². The van der Waals surface area contributed by atoms with Crippen LogP contribution in [0.25, 0.3) is 0 Å². The largest absolute Gasteiger partial charge is 0.319 e. The summed E-state index contributed by atoms with van der Waals surface area (Å²) in [5.41, 5.74) is 4.77. The van der Waals surface area contributed by atoms with E-state index in [4.69, 9.17) is 0 Å². The van der Waals surface area contributed by atoms with Crippen molar-refractivity contribution in [1.29, 1.82) is 0 Å². The van der Waals surface area contributed by atoms with Gasteiger partial charge in [0.15, 0.2) is 0 Å². The van der Waals surface area contributed by atoms with Crippen LogP contribution in [0, 0.1) is 13.8 Å². The SMILES string of the molecule is Cc1ccc(C)c(N2C(=O)c3ccc(C(=O)Nc4cnn(Cc5ccccc5)c4)cc3C2=O)c1. The minimum Gasteiger partial charge on any atom is -0.319 e. The first-order chi connectivity index (χ1) is 16.4. The minimum atomic E-state index is -0.431. The van der Waals surface area contributed by atoms with Crippen LogP contribution in [-0.2, 0) is 6.54 Å². The summed E-state index contributed by atoms with van der Waals surface area (Å²) in [5, 5.41) is 7.10. The van der Waals surface area contributed by atoms with Crippen LogP contribution in [0.3, 0.4) is 0 Å². The summed E-state index contributed by atoms with van der Waals surface area (Å²) in [4.78, 5) is 40.2. The van der Waals surface area contributed by atoms with Crippen LogP contribution >= 0.6 is 0 Å². The highest BCUT2D eigenvalue weighted by Gasteiger charge is 2.37. The molecule has 4 aromatic rings. The Morgan fingerprint density at radius 2 is 1.68 bits per heavy atom. The van der Waals surface area contributed by atoms with E-state index in [0.717, 1.165) is 16.7 Å². The Morgan fingerprint density at radius 3 is 2.47 bits per heavy atom. The van der Waals surface area contributed by atoms with E-state index < -0.39 is 5.91 Å². The topological polar surface area (TPSA) is 84.3 Å². The highest BCUT2D eigenvalue weighted by molar-refractivity contribution is 6.35. The summed E-state index contributed by atoms with van der Waals surface area (Å²) >= 11 is 0. The third-order valence-electron chi connectivity index (χ3n) is 5.83. The molecule has 2 heterocycles. The smallest absolute Gasteiger partial charge is 0.266 e. The van der Waals surface area contributed by atoms with E-state index in [1.807, 2.05) is 62.4 Å². The van der Waals surface area contributed by atoms with Crippen molar-refractivity contribution in [2.45, 2.75) is 20.4 Å². The van der Waals surface area contributed by atoms with Crippen LogP contribution in [0.2, 0.25) is 0 Å². The lowest BCUT2D eigenvalue weighted by atomic mass is 10.1. The number of hydrogen-bond acceptors (Lipinski definition) is 4. The molecule has 0 aliphatic carbocycles. The number of amides is 3. The number of fused-ring (bicyclic) bond motifs is 1. The zero-order valence-electron chi connectivity index (χ0n) is 18.8. The summed E-state index contributed by atoms with van der Waals surface area (Å²) in [7, 11) is 0. The van der Waals surface area contributed by atoms with Gasteiger partial charge in [-0.15, -0.1) is 0 Å². The maximum atomic E-state index is 13.1. The monoisotopic (exact) mass is 450 g/mol. The normalized spacial score (nSPS) is 12.7. The Morgan fingerprint density at radius 1 is 0.912 bits per heavy atom. The molecule has 0 radical (unpaired) electrons. The van der Waals surface area contributed by atoms with Gasteiger partial charge in [0.25, 0.3) is 17.7 Å². The van der Waals surface area contributed by atoms with E-state index in [2.05, 4.69) is 10.4 Å². The van der Waals surface area contributed by atoms with Crippen LogP contribution in [0.5, 0.6) is 0 Å². The third-order valence-corrected chi connectivity index (χ3v) is 5.83. The lowest BCUT2D eigenvalue weighted by molar-refractivity contribution is 0.0925. The second kappa shape index (κ2) is 8.44. The zero-order valence-corrected chi connectivity index (χ0v) is 18.8. The first kappa shape index (κ1) is 21.3. The fraction of sp³-hybridized carbons (Fsp3) is 0.111. The van der Waals surface area contributed by atoms with E-state index in [0.29, 0.717) is 23.5 Å². The Balaban J connectivity index is 1.35. The predicted molar refractivity (Wildman–Crippen MR) is 129 cm³/mol. The van der Waals surface area contributed by atoms with Crippen LogP contribution < -0.4 is 10.2 Å². The highest BCUT2D eigenvalue weighted by Crippen LogP contribution is 2.32. The summed E-state index contributed by atoms with van der Waals surface area (Å²) in [6, 6.07) is 20.1. The number of aryl methyl sites for hydroxylation is 2. The first-order valence-electron chi connectivity index (χ1n) is 10.9. The first-order valence-corrected chi connectivity index (χ1v) is 10.9. The molecular weight excluding hydrogens is 428 g/mol. The minimum absolute atomic E-state index is 0.221. The number of hydrogen-bond donors (Lipinski definition) is 1. The summed E-state index contributed by atoms with van der Waals surface area (Å²) in [6.45, 7) is 4.35. The van der Waals surface area contributed by atoms with Gasteiger partial charge >= 0.3 is 0 Å².